The molecule has 1 rings (SSSR count). The Morgan fingerprint density at radius 2 is 2.11 bits per heavy atom. The topological polar surface area (TPSA) is 35.5 Å². The molecule has 100 valence electrons. The Kier molecular flexibility index (Phi) is 5.88. The molecule has 5 heteroatoms. The van der Waals surface area contributed by atoms with Crippen molar-refractivity contribution < 1.29 is 23.0 Å². The first kappa shape index (κ1) is 14.7. The highest BCUT2D eigenvalue weighted by molar-refractivity contribution is 5.97. The molecule has 1 atom stereocenters. The van der Waals surface area contributed by atoms with Gasteiger partial charge in [0.05, 0.1) is 18.3 Å². The molecule has 0 fully saturated rings. The van der Waals surface area contributed by atoms with E-state index in [9.17, 15) is 13.6 Å². The Morgan fingerprint density at radius 3 is 2.78 bits per heavy atom. The Bertz CT molecular complexity index is 407. The van der Waals surface area contributed by atoms with Crippen LogP contribution in [0.2, 0.25) is 0 Å². The molecule has 0 aliphatic heterocycles. The maximum absolute atomic E-state index is 13.3. The molecule has 0 spiro atoms. The number of Topliss-reactive ketones (excluding diaryl/α,β-unsaturated/α-hetero) is 1. The lowest BCUT2D eigenvalue weighted by molar-refractivity contribution is 0.00104. The van der Waals surface area contributed by atoms with Crippen molar-refractivity contribution >= 4 is 5.78 Å². The van der Waals surface area contributed by atoms with Gasteiger partial charge in [0.1, 0.15) is 18.2 Å². The lowest BCUT2D eigenvalue weighted by Gasteiger charge is -2.12. The minimum Gasteiger partial charge on any atom is -0.379 e. The Labute approximate surface area is 105 Å². The molecule has 0 saturated carbocycles. The van der Waals surface area contributed by atoms with Gasteiger partial charge in [0, 0.05) is 6.61 Å². The molecule has 0 amide bonds. The summed E-state index contributed by atoms with van der Waals surface area (Å²) in [6.07, 6.45) is -0.273. The van der Waals surface area contributed by atoms with Crippen LogP contribution in [0.4, 0.5) is 8.78 Å². The van der Waals surface area contributed by atoms with Crippen LogP contribution in [0.15, 0.2) is 18.2 Å². The molecule has 0 heterocycles. The number of ether oxygens (including phenoxy) is 2. The number of benzene rings is 1. The third kappa shape index (κ3) is 4.50. The molecule has 0 saturated heterocycles. The molecule has 18 heavy (non-hydrogen) atoms. The van der Waals surface area contributed by atoms with Gasteiger partial charge >= 0.3 is 0 Å². The fourth-order valence-corrected chi connectivity index (χ4v) is 1.34. The maximum Gasteiger partial charge on any atom is 0.191 e. The van der Waals surface area contributed by atoms with Crippen LogP contribution in [-0.2, 0) is 9.47 Å². The third-order valence-electron chi connectivity index (χ3n) is 2.28. The van der Waals surface area contributed by atoms with Crippen molar-refractivity contribution in [2.24, 2.45) is 0 Å². The van der Waals surface area contributed by atoms with Gasteiger partial charge < -0.3 is 9.47 Å². The van der Waals surface area contributed by atoms with Gasteiger partial charge in [-0.25, -0.2) is 8.78 Å². The Morgan fingerprint density at radius 1 is 1.39 bits per heavy atom. The quantitative estimate of drug-likeness (QED) is 0.705. The molecule has 1 unspecified atom stereocenters. The highest BCUT2D eigenvalue weighted by Crippen LogP contribution is 2.11. The molecule has 0 aliphatic carbocycles. The first-order valence-electron chi connectivity index (χ1n) is 5.72. The SMILES string of the molecule is CCOCC(C)OCC(=O)c1cc(F)ccc1F. The second kappa shape index (κ2) is 7.18. The minimum absolute atomic E-state index is 0.273. The molecule has 0 bridgehead atoms. The van der Waals surface area contributed by atoms with Crippen LogP contribution in [0, 0.1) is 11.6 Å². The number of hydrogen-bond donors (Lipinski definition) is 0. The van der Waals surface area contributed by atoms with E-state index in [1.807, 2.05) is 6.92 Å². The summed E-state index contributed by atoms with van der Waals surface area (Å²) >= 11 is 0. The van der Waals surface area contributed by atoms with Crippen LogP contribution in [-0.4, -0.2) is 31.7 Å². The summed E-state index contributed by atoms with van der Waals surface area (Å²) in [5.41, 5.74) is -0.293. The predicted molar refractivity (Wildman–Crippen MR) is 62.6 cm³/mol. The lowest BCUT2D eigenvalue weighted by atomic mass is 10.1. The summed E-state index contributed by atoms with van der Waals surface area (Å²) in [5, 5.41) is 0. The van der Waals surface area contributed by atoms with Crippen molar-refractivity contribution in [3.05, 3.63) is 35.4 Å². The van der Waals surface area contributed by atoms with Crippen LogP contribution in [0.3, 0.4) is 0 Å². The normalized spacial score (nSPS) is 12.4. The maximum atomic E-state index is 13.3. The fourth-order valence-electron chi connectivity index (χ4n) is 1.34. The second-order valence-corrected chi connectivity index (χ2v) is 3.83. The summed E-state index contributed by atoms with van der Waals surface area (Å²) < 4.78 is 36.5. The Hall–Kier alpha value is -1.33. The van der Waals surface area contributed by atoms with Crippen LogP contribution in [0.25, 0.3) is 0 Å². The van der Waals surface area contributed by atoms with E-state index in [2.05, 4.69) is 0 Å². The van der Waals surface area contributed by atoms with Crippen molar-refractivity contribution in [3.63, 3.8) is 0 Å². The van der Waals surface area contributed by atoms with Gasteiger partial charge in [0.25, 0.3) is 0 Å². The smallest absolute Gasteiger partial charge is 0.191 e. The Balaban J connectivity index is 2.52. The molecule has 0 N–H and O–H groups in total. The first-order valence-corrected chi connectivity index (χ1v) is 5.72. The zero-order valence-corrected chi connectivity index (χ0v) is 10.4. The van der Waals surface area contributed by atoms with Gasteiger partial charge in [-0.15, -0.1) is 0 Å². The molecule has 0 aliphatic rings. The van der Waals surface area contributed by atoms with E-state index in [0.29, 0.717) is 13.2 Å². The van der Waals surface area contributed by atoms with Crippen molar-refractivity contribution in [2.45, 2.75) is 20.0 Å². The van der Waals surface area contributed by atoms with E-state index >= 15 is 0 Å². The molecule has 0 aromatic heterocycles. The highest BCUT2D eigenvalue weighted by Gasteiger charge is 2.14. The molecular weight excluding hydrogens is 242 g/mol. The number of halogens is 2. The van der Waals surface area contributed by atoms with Gasteiger partial charge in [0.2, 0.25) is 0 Å². The average Bonchev–Trinajstić information content (AvgIpc) is 2.36. The van der Waals surface area contributed by atoms with Gasteiger partial charge in [-0.2, -0.15) is 0 Å². The summed E-state index contributed by atoms with van der Waals surface area (Å²) in [7, 11) is 0. The van der Waals surface area contributed by atoms with E-state index in [-0.39, 0.29) is 18.3 Å². The van der Waals surface area contributed by atoms with Crippen molar-refractivity contribution in [1.29, 1.82) is 0 Å². The molecular formula is C13H16F2O3. The zero-order chi connectivity index (χ0) is 13.5. The van der Waals surface area contributed by atoms with E-state index in [4.69, 9.17) is 9.47 Å². The van der Waals surface area contributed by atoms with Crippen molar-refractivity contribution in [1.82, 2.24) is 0 Å². The van der Waals surface area contributed by atoms with Gasteiger partial charge in [-0.1, -0.05) is 0 Å². The van der Waals surface area contributed by atoms with Gasteiger partial charge in [0.15, 0.2) is 5.78 Å². The summed E-state index contributed by atoms with van der Waals surface area (Å²) in [5.74, 6) is -1.99. The fraction of sp³-hybridized carbons (Fsp3) is 0.462. The van der Waals surface area contributed by atoms with E-state index in [1.165, 1.54) is 0 Å². The van der Waals surface area contributed by atoms with Crippen LogP contribution in [0.1, 0.15) is 24.2 Å². The standard InChI is InChI=1S/C13H16F2O3/c1-3-17-7-9(2)18-8-13(16)11-6-10(14)4-5-12(11)15/h4-6,9H,3,7-8H2,1-2H3. The zero-order valence-electron chi connectivity index (χ0n) is 10.4. The number of ketones is 1. The number of carbonyl (C=O) groups is 1. The van der Waals surface area contributed by atoms with Gasteiger partial charge in [-0.05, 0) is 32.0 Å². The summed E-state index contributed by atoms with van der Waals surface area (Å²) in [6.45, 7) is 4.20. The third-order valence-corrected chi connectivity index (χ3v) is 2.28. The van der Waals surface area contributed by atoms with Gasteiger partial charge in [-0.3, -0.25) is 4.79 Å². The molecule has 3 nitrogen and oxygen atoms in total. The lowest BCUT2D eigenvalue weighted by Crippen LogP contribution is -2.21. The van der Waals surface area contributed by atoms with E-state index in [1.54, 1.807) is 6.92 Å². The second-order valence-electron chi connectivity index (χ2n) is 3.83. The van der Waals surface area contributed by atoms with E-state index in [0.717, 1.165) is 18.2 Å². The minimum atomic E-state index is -0.748. The van der Waals surface area contributed by atoms with Crippen molar-refractivity contribution in [2.75, 3.05) is 19.8 Å². The highest BCUT2D eigenvalue weighted by atomic mass is 19.1. The number of rotatable bonds is 7. The largest absolute Gasteiger partial charge is 0.379 e. The van der Waals surface area contributed by atoms with Crippen LogP contribution >= 0.6 is 0 Å². The number of carbonyl (C=O) groups excluding carboxylic acids is 1. The monoisotopic (exact) mass is 258 g/mol. The predicted octanol–water partition coefficient (Wildman–Crippen LogP) is 2.59. The molecule has 1 aromatic rings. The van der Waals surface area contributed by atoms with E-state index < -0.39 is 17.4 Å². The molecule has 0 radical (unpaired) electrons. The number of hydrogen-bond acceptors (Lipinski definition) is 3. The summed E-state index contributed by atoms with van der Waals surface area (Å²) in [6, 6.07) is 2.76. The molecule has 1 aromatic carbocycles. The average molecular weight is 258 g/mol. The van der Waals surface area contributed by atoms with Crippen LogP contribution < -0.4 is 0 Å². The first-order chi connectivity index (χ1) is 8.54. The van der Waals surface area contributed by atoms with Crippen molar-refractivity contribution in [3.8, 4) is 0 Å². The van der Waals surface area contributed by atoms with Crippen LogP contribution in [0.5, 0.6) is 0 Å². The summed E-state index contributed by atoms with van der Waals surface area (Å²) in [4.78, 5) is 11.6.